The van der Waals surface area contributed by atoms with Gasteiger partial charge in [0.2, 0.25) is 10.9 Å². The molecule has 1 aliphatic rings. The first-order valence-electron chi connectivity index (χ1n) is 12.3. The number of hydrogen-bond acceptors (Lipinski definition) is 6. The second-order valence-electron chi connectivity index (χ2n) is 8.90. The van der Waals surface area contributed by atoms with E-state index < -0.39 is 17.0 Å². The van der Waals surface area contributed by atoms with Crippen LogP contribution in [-0.4, -0.2) is 40.3 Å². The third-order valence-corrected chi connectivity index (χ3v) is 8.60. The van der Waals surface area contributed by atoms with Crippen molar-refractivity contribution < 1.29 is 22.7 Å². The van der Waals surface area contributed by atoms with Crippen LogP contribution in [0, 0.1) is 6.92 Å². The number of rotatable bonds is 10. The van der Waals surface area contributed by atoms with E-state index in [2.05, 4.69) is 11.4 Å². The highest BCUT2D eigenvalue weighted by Gasteiger charge is 2.31. The topological polar surface area (TPSA) is 84.9 Å². The first-order valence-corrected chi connectivity index (χ1v) is 14.6. The van der Waals surface area contributed by atoms with E-state index in [1.165, 1.54) is 21.2 Å². The van der Waals surface area contributed by atoms with Crippen molar-refractivity contribution in [3.63, 3.8) is 0 Å². The number of hydrogen-bond donors (Lipinski definition) is 2. The van der Waals surface area contributed by atoms with Crippen LogP contribution >= 0.6 is 22.9 Å². The van der Waals surface area contributed by atoms with E-state index in [1.807, 2.05) is 49.4 Å². The van der Waals surface area contributed by atoms with Gasteiger partial charge in [-0.15, -0.1) is 11.3 Å². The minimum Gasteiger partial charge on any atom is -0.492 e. The van der Waals surface area contributed by atoms with Crippen molar-refractivity contribution >= 4 is 44.9 Å². The Kier molecular flexibility index (Phi) is 9.34. The van der Waals surface area contributed by atoms with E-state index in [4.69, 9.17) is 21.1 Å². The second-order valence-corrected chi connectivity index (χ2v) is 11.6. The standard InChI is InChI=1S/C27H31ClN2O5S2/c1-3-34-27(31)29-25-11-9-20-8-10-22(17-23(20)24(25)16-19-5-4-6-21(28)15-19)35-14-13-30(37(32)33)26-12-7-18(2)36-26/h4-8,10,12,15,17,24-25,37H,3,9,11,13-14,16H2,1-2H3,(H,29,31). The number of thiol groups is 1. The van der Waals surface area contributed by atoms with Crippen LogP contribution in [0.25, 0.3) is 0 Å². The number of ether oxygens (including phenoxy) is 2. The maximum Gasteiger partial charge on any atom is 0.407 e. The average molecular weight is 563 g/mol. The molecule has 37 heavy (non-hydrogen) atoms. The lowest BCUT2D eigenvalue weighted by atomic mass is 9.76. The Labute approximate surface area is 228 Å². The van der Waals surface area contributed by atoms with Gasteiger partial charge in [0.15, 0.2) is 0 Å². The molecule has 0 radical (unpaired) electrons. The number of benzene rings is 2. The van der Waals surface area contributed by atoms with E-state index in [9.17, 15) is 13.2 Å². The molecule has 198 valence electrons. The molecule has 2 aromatic carbocycles. The molecule has 0 fully saturated rings. The van der Waals surface area contributed by atoms with Gasteiger partial charge in [-0.2, -0.15) is 0 Å². The predicted octanol–water partition coefficient (Wildman–Crippen LogP) is 5.51. The largest absolute Gasteiger partial charge is 0.492 e. The highest BCUT2D eigenvalue weighted by atomic mass is 35.5. The van der Waals surface area contributed by atoms with Crippen LogP contribution < -0.4 is 14.4 Å². The minimum atomic E-state index is -2.77. The normalized spacial score (nSPS) is 16.8. The molecule has 0 saturated heterocycles. The summed E-state index contributed by atoms with van der Waals surface area (Å²) in [5.74, 6) is 0.659. The van der Waals surface area contributed by atoms with Crippen molar-refractivity contribution in [1.29, 1.82) is 0 Å². The number of fused-ring (bicyclic) bond motifs is 1. The Balaban J connectivity index is 1.53. The van der Waals surface area contributed by atoms with Crippen LogP contribution in [0.3, 0.4) is 0 Å². The van der Waals surface area contributed by atoms with Gasteiger partial charge in [-0.1, -0.05) is 29.8 Å². The summed E-state index contributed by atoms with van der Waals surface area (Å²) in [4.78, 5) is 13.3. The van der Waals surface area contributed by atoms with Gasteiger partial charge in [0.05, 0.1) is 13.2 Å². The lowest BCUT2D eigenvalue weighted by Crippen LogP contribution is -2.43. The number of nitrogens with one attached hydrogen (secondary N) is 1. The molecule has 0 aliphatic heterocycles. The van der Waals surface area contributed by atoms with E-state index in [-0.39, 0.29) is 25.1 Å². The van der Waals surface area contributed by atoms with Gasteiger partial charge >= 0.3 is 6.09 Å². The summed E-state index contributed by atoms with van der Waals surface area (Å²) in [6.45, 7) is 4.46. The van der Waals surface area contributed by atoms with Crippen LogP contribution in [0.1, 0.15) is 40.8 Å². The summed E-state index contributed by atoms with van der Waals surface area (Å²) < 4.78 is 36.1. The van der Waals surface area contributed by atoms with Gasteiger partial charge in [-0.3, -0.25) is 4.31 Å². The fourth-order valence-corrected chi connectivity index (χ4v) is 6.52. The lowest BCUT2D eigenvalue weighted by molar-refractivity contribution is 0.144. The molecule has 3 aromatic rings. The summed E-state index contributed by atoms with van der Waals surface area (Å²) in [6, 6.07) is 17.3. The molecule has 7 nitrogen and oxygen atoms in total. The van der Waals surface area contributed by atoms with Crippen LogP contribution in [0.4, 0.5) is 9.80 Å². The molecule has 2 unspecified atom stereocenters. The molecule has 0 spiro atoms. The summed E-state index contributed by atoms with van der Waals surface area (Å²) >= 11 is 7.68. The minimum absolute atomic E-state index is 0.00288. The van der Waals surface area contributed by atoms with Gasteiger partial charge in [-0.05, 0) is 86.2 Å². The summed E-state index contributed by atoms with van der Waals surface area (Å²) in [6.07, 6.45) is 1.88. The Hall–Kier alpha value is -2.75. The zero-order chi connectivity index (χ0) is 26.4. The number of nitrogens with zero attached hydrogens (tertiary/aromatic N) is 1. The molecule has 1 aromatic heterocycles. The molecular weight excluding hydrogens is 532 g/mol. The van der Waals surface area contributed by atoms with E-state index in [0.29, 0.717) is 28.8 Å². The molecule has 2 atom stereocenters. The molecule has 0 saturated carbocycles. The number of aryl methyl sites for hydroxylation is 2. The highest BCUT2D eigenvalue weighted by molar-refractivity contribution is 7.74. The third-order valence-electron chi connectivity index (χ3n) is 6.40. The van der Waals surface area contributed by atoms with Crippen LogP contribution in [0.15, 0.2) is 54.6 Å². The molecule has 1 heterocycles. The molecule has 0 bridgehead atoms. The van der Waals surface area contributed by atoms with Crippen molar-refractivity contribution in [2.75, 3.05) is 24.1 Å². The monoisotopic (exact) mass is 562 g/mol. The summed E-state index contributed by atoms with van der Waals surface area (Å²) in [5, 5.41) is 4.40. The van der Waals surface area contributed by atoms with Crippen molar-refractivity contribution in [3.8, 4) is 5.75 Å². The quantitative estimate of drug-likeness (QED) is 0.318. The van der Waals surface area contributed by atoms with Gasteiger partial charge in [0.1, 0.15) is 17.4 Å². The average Bonchev–Trinajstić information content (AvgIpc) is 3.29. The Morgan fingerprint density at radius 1 is 1.19 bits per heavy atom. The number of anilines is 1. The number of amides is 1. The Morgan fingerprint density at radius 3 is 2.73 bits per heavy atom. The number of carbonyl (C=O) groups excluding carboxylic acids is 1. The van der Waals surface area contributed by atoms with Crippen LogP contribution in [0.5, 0.6) is 5.75 Å². The number of thiophene rings is 1. The summed E-state index contributed by atoms with van der Waals surface area (Å²) in [7, 11) is -2.77. The van der Waals surface area contributed by atoms with Crippen molar-refractivity contribution in [2.24, 2.45) is 0 Å². The SMILES string of the molecule is CCOC(=O)NC1CCc2ccc(OCCN(c3ccc(C)s3)[SH](=O)=O)cc2C1Cc1cccc(Cl)c1. The highest BCUT2D eigenvalue weighted by Crippen LogP contribution is 2.37. The van der Waals surface area contributed by atoms with Crippen LogP contribution in [-0.2, 0) is 28.5 Å². The number of halogens is 1. The Bertz CT molecular complexity index is 1300. The first-order chi connectivity index (χ1) is 17.8. The molecule has 1 aliphatic carbocycles. The molecular formula is C27H31ClN2O5S2. The van der Waals surface area contributed by atoms with Crippen LogP contribution in [0.2, 0.25) is 5.02 Å². The molecule has 4 rings (SSSR count). The summed E-state index contributed by atoms with van der Waals surface area (Å²) in [5.41, 5.74) is 3.39. The van der Waals surface area contributed by atoms with E-state index in [1.54, 1.807) is 13.0 Å². The third kappa shape index (κ3) is 7.18. The fourth-order valence-electron chi connectivity index (χ4n) is 4.71. The lowest BCUT2D eigenvalue weighted by Gasteiger charge is -2.34. The van der Waals surface area contributed by atoms with Gasteiger partial charge < -0.3 is 14.8 Å². The molecule has 1 N–H and O–H groups in total. The van der Waals surface area contributed by atoms with Crippen molar-refractivity contribution in [3.05, 3.63) is 81.2 Å². The first kappa shape index (κ1) is 27.3. The smallest absolute Gasteiger partial charge is 0.407 e. The zero-order valence-corrected chi connectivity index (χ0v) is 23.3. The molecule has 10 heteroatoms. The fraction of sp³-hybridized carbons (Fsp3) is 0.370. The van der Waals surface area contributed by atoms with Gasteiger partial charge in [0, 0.05) is 21.9 Å². The maximum absolute atomic E-state index is 12.3. The van der Waals surface area contributed by atoms with Crippen molar-refractivity contribution in [2.45, 2.75) is 45.1 Å². The number of alkyl carbamates (subject to hydrolysis) is 1. The second kappa shape index (κ2) is 12.7. The van der Waals surface area contributed by atoms with Gasteiger partial charge in [0.25, 0.3) is 0 Å². The molecule has 1 amide bonds. The zero-order valence-electron chi connectivity index (χ0n) is 20.8. The van der Waals surface area contributed by atoms with Gasteiger partial charge in [-0.25, -0.2) is 13.2 Å². The Morgan fingerprint density at radius 2 is 2.03 bits per heavy atom. The van der Waals surface area contributed by atoms with E-state index >= 15 is 0 Å². The number of carbonyl (C=O) groups is 1. The van der Waals surface area contributed by atoms with Crippen molar-refractivity contribution in [1.82, 2.24) is 5.32 Å². The van der Waals surface area contributed by atoms with E-state index in [0.717, 1.165) is 28.8 Å². The maximum atomic E-state index is 12.3. The predicted molar refractivity (Wildman–Crippen MR) is 149 cm³/mol.